The molecule has 0 unspecified atom stereocenters. The topological polar surface area (TPSA) is 78.5 Å². The number of halogens is 1. The Balaban J connectivity index is 2.04. The molecule has 0 fully saturated rings. The highest BCUT2D eigenvalue weighted by molar-refractivity contribution is 6.30. The van der Waals surface area contributed by atoms with Gasteiger partial charge in [0.15, 0.2) is 6.61 Å². The van der Waals surface area contributed by atoms with Crippen LogP contribution in [0.25, 0.3) is 0 Å². The van der Waals surface area contributed by atoms with Crippen LogP contribution in [0.1, 0.15) is 49.8 Å². The van der Waals surface area contributed by atoms with Crippen molar-refractivity contribution in [1.29, 1.82) is 0 Å². The number of carbonyl (C=O) groups is 2. The van der Waals surface area contributed by atoms with Gasteiger partial charge in [-0.2, -0.15) is 0 Å². The number of aliphatic carboxylic acids is 1. The minimum atomic E-state index is -1.25. The van der Waals surface area contributed by atoms with E-state index in [1.165, 1.54) is 0 Å². The molecule has 0 heterocycles. The summed E-state index contributed by atoms with van der Waals surface area (Å²) in [5.41, 5.74) is 1.67. The molecule has 0 bridgehead atoms. The second kappa shape index (κ2) is 9.97. The van der Waals surface area contributed by atoms with Crippen LogP contribution in [0.5, 0.6) is 5.75 Å². The average molecular weight is 389 g/mol. The van der Waals surface area contributed by atoms with Crippen LogP contribution in [0.4, 0.5) is 0 Å². The van der Waals surface area contributed by atoms with Crippen LogP contribution in [-0.4, -0.2) is 18.5 Å². The summed E-state index contributed by atoms with van der Waals surface area (Å²) in [6.07, 6.45) is 0.619. The third kappa shape index (κ3) is 6.29. The summed E-state index contributed by atoms with van der Waals surface area (Å²) in [6, 6.07) is 13.5. The number of carboxylic acid groups (broad SMARTS) is 1. The maximum Gasteiger partial charge on any atom is 0.258 e. The van der Waals surface area contributed by atoms with Crippen LogP contribution in [0.15, 0.2) is 48.5 Å². The van der Waals surface area contributed by atoms with Crippen LogP contribution in [0, 0.1) is 0 Å². The number of benzene rings is 2. The van der Waals surface area contributed by atoms with Gasteiger partial charge in [0.2, 0.25) is 0 Å². The fourth-order valence-corrected chi connectivity index (χ4v) is 2.86. The van der Waals surface area contributed by atoms with Gasteiger partial charge in [-0.3, -0.25) is 4.79 Å². The molecular weight excluding hydrogens is 366 g/mol. The minimum Gasteiger partial charge on any atom is -0.550 e. The highest BCUT2D eigenvalue weighted by Crippen LogP contribution is 2.28. The third-order valence-electron chi connectivity index (χ3n) is 4.40. The van der Waals surface area contributed by atoms with Crippen LogP contribution in [-0.2, 0) is 9.59 Å². The molecule has 144 valence electrons. The lowest BCUT2D eigenvalue weighted by Crippen LogP contribution is -2.36. The van der Waals surface area contributed by atoms with Gasteiger partial charge in [-0.15, -0.1) is 0 Å². The van der Waals surface area contributed by atoms with E-state index in [9.17, 15) is 14.7 Å². The maximum absolute atomic E-state index is 12.3. The van der Waals surface area contributed by atoms with E-state index in [0.717, 1.165) is 12.0 Å². The summed E-state index contributed by atoms with van der Waals surface area (Å²) < 4.78 is 5.69. The number of carbonyl (C=O) groups excluding carboxylic acids is 2. The minimum absolute atomic E-state index is 0.204. The zero-order chi connectivity index (χ0) is 19.8. The molecule has 0 aliphatic carbocycles. The van der Waals surface area contributed by atoms with E-state index in [-0.39, 0.29) is 13.0 Å². The second-order valence-electron chi connectivity index (χ2n) is 6.38. The lowest BCUT2D eigenvalue weighted by Gasteiger charge is -2.21. The predicted octanol–water partition coefficient (Wildman–Crippen LogP) is 3.23. The van der Waals surface area contributed by atoms with Gasteiger partial charge in [-0.05, 0) is 41.7 Å². The van der Waals surface area contributed by atoms with Crippen LogP contribution >= 0.6 is 11.6 Å². The molecule has 0 aromatic heterocycles. The summed E-state index contributed by atoms with van der Waals surface area (Å²) in [5, 5.41) is 14.3. The molecule has 0 saturated carbocycles. The quantitative estimate of drug-likeness (QED) is 0.715. The molecule has 0 aliphatic rings. The lowest BCUT2D eigenvalue weighted by atomic mass is 9.98. The van der Waals surface area contributed by atoms with Gasteiger partial charge in [0.25, 0.3) is 5.91 Å². The SMILES string of the molecule is CC[C@H](C)c1ccccc1OCC(=O)N[C@@H](CC(=O)[O-])c1ccc(Cl)cc1. The number of amides is 1. The standard InChI is InChI=1S/C21H24ClNO4/c1-3-14(2)17-6-4-5-7-19(17)27-13-20(24)23-18(12-21(25)26)15-8-10-16(22)11-9-15/h4-11,14,18H,3,12-13H2,1-2H3,(H,23,24)(H,25,26)/p-1/t14-,18-/m0/s1. The van der Waals surface area contributed by atoms with Crippen molar-refractivity contribution >= 4 is 23.5 Å². The number of nitrogens with one attached hydrogen (secondary N) is 1. The van der Waals surface area contributed by atoms with E-state index in [1.807, 2.05) is 24.3 Å². The van der Waals surface area contributed by atoms with Gasteiger partial charge in [-0.1, -0.05) is 55.8 Å². The van der Waals surface area contributed by atoms with Crippen LogP contribution < -0.4 is 15.2 Å². The Morgan fingerprint density at radius 1 is 1.15 bits per heavy atom. The molecule has 5 nitrogen and oxygen atoms in total. The molecule has 0 radical (unpaired) electrons. The fraction of sp³-hybridized carbons (Fsp3) is 0.333. The summed E-state index contributed by atoms with van der Waals surface area (Å²) in [5.74, 6) is -0.692. The maximum atomic E-state index is 12.3. The Bertz CT molecular complexity index is 776. The van der Waals surface area contributed by atoms with E-state index in [1.54, 1.807) is 24.3 Å². The average Bonchev–Trinajstić information content (AvgIpc) is 2.65. The molecule has 2 rings (SSSR count). The number of carboxylic acids is 1. The van der Waals surface area contributed by atoms with E-state index >= 15 is 0 Å². The Hall–Kier alpha value is -2.53. The van der Waals surface area contributed by atoms with Crippen LogP contribution in [0.2, 0.25) is 5.02 Å². The summed E-state index contributed by atoms with van der Waals surface area (Å²) in [4.78, 5) is 23.4. The first kappa shape index (κ1) is 20.8. The zero-order valence-corrected chi connectivity index (χ0v) is 16.2. The van der Waals surface area contributed by atoms with E-state index < -0.39 is 17.9 Å². The van der Waals surface area contributed by atoms with Crippen molar-refractivity contribution in [1.82, 2.24) is 5.32 Å². The summed E-state index contributed by atoms with van der Waals surface area (Å²) in [6.45, 7) is 3.98. The Labute approximate surface area is 164 Å². The Morgan fingerprint density at radius 2 is 1.81 bits per heavy atom. The zero-order valence-electron chi connectivity index (χ0n) is 15.4. The highest BCUT2D eigenvalue weighted by Gasteiger charge is 2.16. The van der Waals surface area contributed by atoms with Gasteiger partial charge >= 0.3 is 0 Å². The molecule has 2 aromatic carbocycles. The van der Waals surface area contributed by atoms with Gasteiger partial charge in [0.1, 0.15) is 5.75 Å². The number of ether oxygens (including phenoxy) is 1. The molecule has 2 atom stereocenters. The van der Waals surface area contributed by atoms with Crippen molar-refractivity contribution in [3.8, 4) is 5.75 Å². The molecule has 1 amide bonds. The smallest absolute Gasteiger partial charge is 0.258 e. The highest BCUT2D eigenvalue weighted by atomic mass is 35.5. The molecule has 2 aromatic rings. The molecule has 0 spiro atoms. The van der Waals surface area contributed by atoms with Crippen LogP contribution in [0.3, 0.4) is 0 Å². The first-order valence-electron chi connectivity index (χ1n) is 8.87. The lowest BCUT2D eigenvalue weighted by molar-refractivity contribution is -0.306. The number of hydrogen-bond donors (Lipinski definition) is 1. The molecule has 0 aliphatic heterocycles. The first-order valence-corrected chi connectivity index (χ1v) is 9.24. The van der Waals surface area contributed by atoms with E-state index in [0.29, 0.717) is 22.3 Å². The molecule has 6 heteroatoms. The Kier molecular flexibility index (Phi) is 7.67. The van der Waals surface area contributed by atoms with Gasteiger partial charge in [0, 0.05) is 17.4 Å². The second-order valence-corrected chi connectivity index (χ2v) is 6.82. The number of rotatable bonds is 9. The van der Waals surface area contributed by atoms with Crippen molar-refractivity contribution in [2.45, 2.75) is 38.6 Å². The summed E-state index contributed by atoms with van der Waals surface area (Å²) >= 11 is 5.86. The summed E-state index contributed by atoms with van der Waals surface area (Å²) in [7, 11) is 0. The molecule has 27 heavy (non-hydrogen) atoms. The number of hydrogen-bond acceptors (Lipinski definition) is 4. The van der Waals surface area contributed by atoms with Crippen molar-refractivity contribution < 1.29 is 19.4 Å². The molecular formula is C21H23ClNO4-. The van der Waals surface area contributed by atoms with E-state index in [4.69, 9.17) is 16.3 Å². The molecule has 0 saturated heterocycles. The first-order chi connectivity index (χ1) is 12.9. The predicted molar refractivity (Wildman–Crippen MR) is 103 cm³/mol. The normalized spacial score (nSPS) is 12.9. The fourth-order valence-electron chi connectivity index (χ4n) is 2.73. The number of para-hydroxylation sites is 1. The largest absolute Gasteiger partial charge is 0.550 e. The van der Waals surface area contributed by atoms with Gasteiger partial charge in [-0.25, -0.2) is 0 Å². The van der Waals surface area contributed by atoms with Crippen molar-refractivity contribution in [3.05, 3.63) is 64.7 Å². The van der Waals surface area contributed by atoms with E-state index in [2.05, 4.69) is 19.2 Å². The van der Waals surface area contributed by atoms with Gasteiger partial charge < -0.3 is 20.0 Å². The monoisotopic (exact) mass is 388 g/mol. The molecule has 1 N–H and O–H groups in total. The van der Waals surface area contributed by atoms with Crippen molar-refractivity contribution in [2.75, 3.05) is 6.61 Å². The van der Waals surface area contributed by atoms with Crippen molar-refractivity contribution in [2.24, 2.45) is 0 Å². The third-order valence-corrected chi connectivity index (χ3v) is 4.65. The van der Waals surface area contributed by atoms with Crippen molar-refractivity contribution in [3.63, 3.8) is 0 Å². The Morgan fingerprint density at radius 3 is 2.44 bits per heavy atom. The van der Waals surface area contributed by atoms with Gasteiger partial charge in [0.05, 0.1) is 6.04 Å².